The van der Waals surface area contributed by atoms with Crippen LogP contribution in [0.3, 0.4) is 0 Å². The highest BCUT2D eigenvalue weighted by Gasteiger charge is 2.14. The average Bonchev–Trinajstić information content (AvgIpc) is 2.24. The summed E-state index contributed by atoms with van der Waals surface area (Å²) in [6.07, 6.45) is 3.80. The summed E-state index contributed by atoms with van der Waals surface area (Å²) in [4.78, 5) is 4.40. The molecule has 3 heteroatoms. The van der Waals surface area contributed by atoms with Crippen LogP contribution in [0.4, 0.5) is 0 Å². The van der Waals surface area contributed by atoms with E-state index in [2.05, 4.69) is 25.8 Å². The Labute approximate surface area is 98.0 Å². The second-order valence-corrected chi connectivity index (χ2v) is 4.97. The minimum atomic E-state index is 0.0953. The number of unbranched alkanes of at least 4 members (excludes halogenated alkanes) is 1. The van der Waals surface area contributed by atoms with Gasteiger partial charge in [0, 0.05) is 11.1 Å². The molecule has 0 saturated carbocycles. The molecule has 0 aliphatic heterocycles. The van der Waals surface area contributed by atoms with Crippen LogP contribution in [-0.4, -0.2) is 18.1 Å². The van der Waals surface area contributed by atoms with Crippen LogP contribution >= 0.6 is 0 Å². The smallest absolute Gasteiger partial charge is 0.137 e. The number of ether oxygens (including phenoxy) is 1. The van der Waals surface area contributed by atoms with Crippen molar-refractivity contribution < 1.29 is 4.74 Å². The third-order valence-electron chi connectivity index (χ3n) is 2.37. The molecule has 16 heavy (non-hydrogen) atoms. The fraction of sp³-hybridized carbons (Fsp3) is 0.615. The van der Waals surface area contributed by atoms with E-state index in [0.717, 1.165) is 30.8 Å². The maximum atomic E-state index is 5.56. The number of hydrogen-bond donors (Lipinski definition) is 1. The second-order valence-electron chi connectivity index (χ2n) is 4.97. The quantitative estimate of drug-likeness (QED) is 0.779. The van der Waals surface area contributed by atoms with Crippen molar-refractivity contribution in [2.45, 2.75) is 39.0 Å². The summed E-state index contributed by atoms with van der Waals surface area (Å²) < 4.78 is 5.56. The molecule has 1 rings (SSSR count). The summed E-state index contributed by atoms with van der Waals surface area (Å²) in [7, 11) is 0. The van der Waals surface area contributed by atoms with Gasteiger partial charge in [-0.25, -0.2) is 0 Å². The molecule has 2 N–H and O–H groups in total. The van der Waals surface area contributed by atoms with Gasteiger partial charge in [0.05, 0.1) is 12.8 Å². The Hall–Kier alpha value is -1.09. The largest absolute Gasteiger partial charge is 0.492 e. The Morgan fingerprint density at radius 1 is 1.25 bits per heavy atom. The highest BCUT2D eigenvalue weighted by atomic mass is 16.5. The molecule has 0 aliphatic carbocycles. The van der Waals surface area contributed by atoms with Gasteiger partial charge in [0.2, 0.25) is 0 Å². The minimum absolute atomic E-state index is 0.0953. The van der Waals surface area contributed by atoms with Crippen LogP contribution in [0, 0.1) is 0 Å². The molecule has 1 aromatic heterocycles. The Morgan fingerprint density at radius 2 is 2.00 bits per heavy atom. The van der Waals surface area contributed by atoms with Gasteiger partial charge in [0.1, 0.15) is 5.75 Å². The third kappa shape index (κ3) is 4.19. The van der Waals surface area contributed by atoms with E-state index in [9.17, 15) is 0 Å². The highest BCUT2D eigenvalue weighted by molar-refractivity contribution is 5.23. The molecule has 0 bridgehead atoms. The lowest BCUT2D eigenvalue weighted by molar-refractivity contribution is 0.306. The zero-order chi connectivity index (χ0) is 12.0. The van der Waals surface area contributed by atoms with Crippen molar-refractivity contribution in [3.63, 3.8) is 0 Å². The summed E-state index contributed by atoms with van der Waals surface area (Å²) in [5.41, 5.74) is 6.59. The predicted octanol–water partition coefficient (Wildman–Crippen LogP) is 2.50. The van der Waals surface area contributed by atoms with Gasteiger partial charge in [-0.3, -0.25) is 4.98 Å². The van der Waals surface area contributed by atoms with E-state index in [4.69, 9.17) is 10.5 Å². The molecule has 0 fully saturated rings. The van der Waals surface area contributed by atoms with Crippen molar-refractivity contribution in [2.24, 2.45) is 5.73 Å². The molecule has 0 amide bonds. The first-order chi connectivity index (χ1) is 7.54. The first-order valence-electron chi connectivity index (χ1n) is 5.83. The fourth-order valence-electron chi connectivity index (χ4n) is 1.35. The maximum Gasteiger partial charge on any atom is 0.137 e. The summed E-state index contributed by atoms with van der Waals surface area (Å²) >= 11 is 0. The number of hydrogen-bond acceptors (Lipinski definition) is 3. The van der Waals surface area contributed by atoms with Crippen molar-refractivity contribution in [2.75, 3.05) is 13.2 Å². The van der Waals surface area contributed by atoms with Gasteiger partial charge in [-0.15, -0.1) is 0 Å². The van der Waals surface area contributed by atoms with Gasteiger partial charge in [0.15, 0.2) is 0 Å². The summed E-state index contributed by atoms with van der Waals surface area (Å²) in [5.74, 6) is 0.838. The molecular weight excluding hydrogens is 200 g/mol. The van der Waals surface area contributed by atoms with Crippen LogP contribution in [0.1, 0.15) is 39.3 Å². The van der Waals surface area contributed by atoms with E-state index in [-0.39, 0.29) is 5.41 Å². The summed E-state index contributed by atoms with van der Waals surface area (Å²) in [6, 6.07) is 4.01. The van der Waals surface area contributed by atoms with E-state index >= 15 is 0 Å². The molecule has 0 radical (unpaired) electrons. The summed E-state index contributed by atoms with van der Waals surface area (Å²) in [6.45, 7) is 7.89. The molecule has 0 unspecified atom stereocenters. The SMILES string of the molecule is CC(C)(C)c1ccc(OCCCCN)cn1. The normalized spacial score (nSPS) is 11.5. The molecule has 0 aliphatic rings. The Morgan fingerprint density at radius 3 is 2.50 bits per heavy atom. The van der Waals surface area contributed by atoms with Crippen LogP contribution < -0.4 is 10.5 Å². The second kappa shape index (κ2) is 5.85. The van der Waals surface area contributed by atoms with Crippen molar-refractivity contribution in [1.29, 1.82) is 0 Å². The Kier molecular flexibility index (Phi) is 4.74. The first kappa shape index (κ1) is 13.0. The van der Waals surface area contributed by atoms with E-state index < -0.39 is 0 Å². The van der Waals surface area contributed by atoms with Crippen LogP contribution in [0.15, 0.2) is 18.3 Å². The first-order valence-corrected chi connectivity index (χ1v) is 5.83. The van der Waals surface area contributed by atoms with Crippen LogP contribution in [0.2, 0.25) is 0 Å². The minimum Gasteiger partial charge on any atom is -0.492 e. The van der Waals surface area contributed by atoms with Crippen LogP contribution in [0.25, 0.3) is 0 Å². The van der Waals surface area contributed by atoms with Gasteiger partial charge in [0.25, 0.3) is 0 Å². The van der Waals surface area contributed by atoms with Gasteiger partial charge in [-0.1, -0.05) is 20.8 Å². The predicted molar refractivity (Wildman–Crippen MR) is 66.7 cm³/mol. The van der Waals surface area contributed by atoms with E-state index in [1.807, 2.05) is 12.1 Å². The van der Waals surface area contributed by atoms with Crippen molar-refractivity contribution in [3.05, 3.63) is 24.0 Å². The van der Waals surface area contributed by atoms with E-state index in [0.29, 0.717) is 6.61 Å². The number of rotatable bonds is 5. The standard InChI is InChI=1S/C13H22N2O/c1-13(2,3)12-7-6-11(10-15-12)16-9-5-4-8-14/h6-7,10H,4-5,8-9,14H2,1-3H3. The van der Waals surface area contributed by atoms with Crippen LogP contribution in [0.5, 0.6) is 5.75 Å². The topological polar surface area (TPSA) is 48.1 Å². The summed E-state index contributed by atoms with van der Waals surface area (Å²) in [5, 5.41) is 0. The van der Waals surface area contributed by atoms with Crippen molar-refractivity contribution in [1.82, 2.24) is 4.98 Å². The maximum absolute atomic E-state index is 5.56. The molecule has 90 valence electrons. The van der Waals surface area contributed by atoms with Crippen molar-refractivity contribution >= 4 is 0 Å². The number of pyridine rings is 1. The zero-order valence-electron chi connectivity index (χ0n) is 10.5. The molecular formula is C13H22N2O. The van der Waals surface area contributed by atoms with E-state index in [1.165, 1.54) is 0 Å². The Balaban J connectivity index is 2.46. The number of nitrogens with zero attached hydrogens (tertiary/aromatic N) is 1. The molecule has 3 nitrogen and oxygen atoms in total. The zero-order valence-corrected chi connectivity index (χ0v) is 10.5. The fourth-order valence-corrected chi connectivity index (χ4v) is 1.35. The lowest BCUT2D eigenvalue weighted by atomic mass is 9.92. The molecule has 0 spiro atoms. The Bertz CT molecular complexity index is 301. The van der Waals surface area contributed by atoms with Gasteiger partial charge >= 0.3 is 0 Å². The monoisotopic (exact) mass is 222 g/mol. The molecule has 0 saturated heterocycles. The van der Waals surface area contributed by atoms with Gasteiger partial charge in [-0.05, 0) is 31.5 Å². The molecule has 1 aromatic rings. The number of nitrogens with two attached hydrogens (primary N) is 1. The van der Waals surface area contributed by atoms with Gasteiger partial charge in [-0.2, -0.15) is 0 Å². The molecule has 0 atom stereocenters. The highest BCUT2D eigenvalue weighted by Crippen LogP contribution is 2.21. The lowest BCUT2D eigenvalue weighted by Crippen LogP contribution is -2.13. The van der Waals surface area contributed by atoms with E-state index in [1.54, 1.807) is 6.20 Å². The molecule has 1 heterocycles. The number of aromatic nitrogens is 1. The third-order valence-corrected chi connectivity index (χ3v) is 2.37. The van der Waals surface area contributed by atoms with Crippen LogP contribution in [-0.2, 0) is 5.41 Å². The average molecular weight is 222 g/mol. The van der Waals surface area contributed by atoms with Crippen molar-refractivity contribution in [3.8, 4) is 5.75 Å². The van der Waals surface area contributed by atoms with Gasteiger partial charge < -0.3 is 10.5 Å². The lowest BCUT2D eigenvalue weighted by Gasteiger charge is -2.17. The molecule has 0 aromatic carbocycles.